The van der Waals surface area contributed by atoms with Crippen molar-refractivity contribution >= 4 is 21.8 Å². The van der Waals surface area contributed by atoms with Gasteiger partial charge in [0.15, 0.2) is 4.67 Å². The summed E-state index contributed by atoms with van der Waals surface area (Å²) in [6.45, 7) is 5.14. The molecule has 90 valence electrons. The third-order valence-electron chi connectivity index (χ3n) is 2.36. The van der Waals surface area contributed by atoms with Crippen LogP contribution in [-0.4, -0.2) is 12.5 Å². The number of unbranched alkanes of at least 4 members (excludes halogenated alkanes) is 1. The molecule has 1 heterocycles. The van der Waals surface area contributed by atoms with Crippen molar-refractivity contribution in [1.29, 1.82) is 0 Å². The molecule has 3 nitrogen and oxygen atoms in total. The summed E-state index contributed by atoms with van der Waals surface area (Å²) in [4.78, 5) is 11.6. The summed E-state index contributed by atoms with van der Waals surface area (Å²) >= 11 is 3.18. The second-order valence-corrected chi connectivity index (χ2v) is 4.97. The zero-order valence-corrected chi connectivity index (χ0v) is 11.3. The summed E-state index contributed by atoms with van der Waals surface area (Å²) in [5, 5.41) is 2.87. The number of carbonyl (C=O) groups is 1. The molecule has 0 saturated carbocycles. The van der Waals surface area contributed by atoms with E-state index in [1.54, 1.807) is 6.07 Å². The quantitative estimate of drug-likeness (QED) is 0.813. The molecular formula is C12H18BrNO2. The van der Waals surface area contributed by atoms with Crippen molar-refractivity contribution in [2.45, 2.75) is 33.1 Å². The Balaban J connectivity index is 2.19. The highest BCUT2D eigenvalue weighted by Crippen LogP contribution is 2.17. The number of halogens is 1. The lowest BCUT2D eigenvalue weighted by Gasteiger charge is -2.05. The van der Waals surface area contributed by atoms with Gasteiger partial charge in [0.05, 0.1) is 11.8 Å². The first-order chi connectivity index (χ1) is 7.61. The van der Waals surface area contributed by atoms with Gasteiger partial charge in [-0.05, 0) is 34.3 Å². The zero-order valence-electron chi connectivity index (χ0n) is 9.75. The van der Waals surface area contributed by atoms with Gasteiger partial charge in [-0.2, -0.15) is 0 Å². The summed E-state index contributed by atoms with van der Waals surface area (Å²) in [7, 11) is 0. The molecule has 16 heavy (non-hydrogen) atoms. The fraction of sp³-hybridized carbons (Fsp3) is 0.583. The molecule has 1 aromatic heterocycles. The van der Waals surface area contributed by atoms with Crippen LogP contribution in [-0.2, 0) is 0 Å². The van der Waals surface area contributed by atoms with E-state index in [2.05, 4.69) is 35.1 Å². The van der Waals surface area contributed by atoms with Gasteiger partial charge in [0.2, 0.25) is 0 Å². The fourth-order valence-electron chi connectivity index (χ4n) is 1.43. The molecule has 0 unspecified atom stereocenters. The molecule has 4 heteroatoms. The van der Waals surface area contributed by atoms with Crippen LogP contribution in [0.2, 0.25) is 0 Å². The van der Waals surface area contributed by atoms with Crippen molar-refractivity contribution in [3.05, 3.63) is 22.6 Å². The third kappa shape index (κ3) is 4.39. The monoisotopic (exact) mass is 287 g/mol. The van der Waals surface area contributed by atoms with Crippen molar-refractivity contribution < 1.29 is 9.21 Å². The van der Waals surface area contributed by atoms with Crippen LogP contribution >= 0.6 is 15.9 Å². The molecule has 1 N–H and O–H groups in total. The van der Waals surface area contributed by atoms with E-state index >= 15 is 0 Å². The molecule has 0 fully saturated rings. The smallest absolute Gasteiger partial charge is 0.255 e. The largest absolute Gasteiger partial charge is 0.457 e. The van der Waals surface area contributed by atoms with E-state index in [0.29, 0.717) is 10.2 Å². The Bertz CT molecular complexity index is 334. The second kappa shape index (κ2) is 6.74. The highest BCUT2D eigenvalue weighted by molar-refractivity contribution is 9.10. The lowest BCUT2D eigenvalue weighted by Crippen LogP contribution is -2.24. The summed E-state index contributed by atoms with van der Waals surface area (Å²) in [6, 6.07) is 1.66. The summed E-state index contributed by atoms with van der Waals surface area (Å²) in [5.41, 5.74) is 0.559. The molecule has 0 aliphatic carbocycles. The maximum Gasteiger partial charge on any atom is 0.255 e. The summed E-state index contributed by atoms with van der Waals surface area (Å²) in [6.07, 6.45) is 4.90. The van der Waals surface area contributed by atoms with E-state index in [1.165, 1.54) is 12.7 Å². The number of nitrogens with one attached hydrogen (secondary N) is 1. The Kier molecular flexibility index (Phi) is 5.60. The molecule has 0 aliphatic heterocycles. The first kappa shape index (κ1) is 13.3. The molecule has 1 rings (SSSR count). The molecule has 0 radical (unpaired) electrons. The maximum absolute atomic E-state index is 11.6. The van der Waals surface area contributed by atoms with Gasteiger partial charge >= 0.3 is 0 Å². The first-order valence-corrected chi connectivity index (χ1v) is 6.41. The molecule has 0 aromatic carbocycles. The Morgan fingerprint density at radius 3 is 2.81 bits per heavy atom. The van der Waals surface area contributed by atoms with Gasteiger partial charge in [0, 0.05) is 6.54 Å². The molecular weight excluding hydrogens is 270 g/mol. The minimum absolute atomic E-state index is 0.0785. The van der Waals surface area contributed by atoms with Crippen LogP contribution in [0.4, 0.5) is 0 Å². The van der Waals surface area contributed by atoms with Crippen molar-refractivity contribution in [3.63, 3.8) is 0 Å². The molecule has 0 atom stereocenters. The van der Waals surface area contributed by atoms with E-state index in [-0.39, 0.29) is 5.91 Å². The molecule has 1 amide bonds. The van der Waals surface area contributed by atoms with E-state index in [0.717, 1.165) is 25.3 Å². The SMILES string of the molecule is CC(C)CCCCNC(=O)c1ccoc1Br. The van der Waals surface area contributed by atoms with Crippen molar-refractivity contribution in [2.75, 3.05) is 6.54 Å². The number of carbonyl (C=O) groups excluding carboxylic acids is 1. The maximum atomic E-state index is 11.6. The molecule has 0 spiro atoms. The lowest BCUT2D eigenvalue weighted by atomic mass is 10.1. The van der Waals surface area contributed by atoms with E-state index in [1.807, 2.05) is 0 Å². The molecule has 0 aliphatic rings. The van der Waals surface area contributed by atoms with Crippen molar-refractivity contribution in [3.8, 4) is 0 Å². The number of rotatable bonds is 6. The van der Waals surface area contributed by atoms with Gasteiger partial charge < -0.3 is 9.73 Å². The third-order valence-corrected chi connectivity index (χ3v) is 2.97. The van der Waals surface area contributed by atoms with Crippen LogP contribution in [0.1, 0.15) is 43.5 Å². The van der Waals surface area contributed by atoms with Crippen molar-refractivity contribution in [2.24, 2.45) is 5.92 Å². The van der Waals surface area contributed by atoms with Gasteiger partial charge in [-0.3, -0.25) is 4.79 Å². The number of hydrogen-bond donors (Lipinski definition) is 1. The molecule has 0 saturated heterocycles. The fourth-order valence-corrected chi connectivity index (χ4v) is 1.85. The topological polar surface area (TPSA) is 42.2 Å². The minimum Gasteiger partial charge on any atom is -0.457 e. The Morgan fingerprint density at radius 1 is 1.50 bits per heavy atom. The second-order valence-electron chi connectivity index (χ2n) is 4.25. The Hall–Kier alpha value is -0.770. The number of furan rings is 1. The zero-order chi connectivity index (χ0) is 12.0. The highest BCUT2D eigenvalue weighted by atomic mass is 79.9. The van der Waals surface area contributed by atoms with E-state index in [9.17, 15) is 4.79 Å². The molecule has 0 bridgehead atoms. The predicted molar refractivity (Wildman–Crippen MR) is 67.4 cm³/mol. The lowest BCUT2D eigenvalue weighted by molar-refractivity contribution is 0.0951. The van der Waals surface area contributed by atoms with Crippen LogP contribution in [0.5, 0.6) is 0 Å². The standard InChI is InChI=1S/C12H18BrNO2/c1-9(2)5-3-4-7-14-12(15)10-6-8-16-11(10)13/h6,8-9H,3-5,7H2,1-2H3,(H,14,15). The normalized spacial score (nSPS) is 10.8. The Morgan fingerprint density at radius 2 is 2.25 bits per heavy atom. The number of amides is 1. The van der Waals surface area contributed by atoms with Crippen LogP contribution in [0, 0.1) is 5.92 Å². The van der Waals surface area contributed by atoms with E-state index < -0.39 is 0 Å². The van der Waals surface area contributed by atoms with E-state index in [4.69, 9.17) is 4.42 Å². The van der Waals surface area contributed by atoms with Gasteiger partial charge in [-0.25, -0.2) is 0 Å². The summed E-state index contributed by atoms with van der Waals surface area (Å²) in [5.74, 6) is 0.656. The van der Waals surface area contributed by atoms with Crippen LogP contribution < -0.4 is 5.32 Å². The minimum atomic E-state index is -0.0785. The van der Waals surface area contributed by atoms with Crippen LogP contribution in [0.25, 0.3) is 0 Å². The van der Waals surface area contributed by atoms with Gasteiger partial charge in [-0.1, -0.05) is 26.7 Å². The first-order valence-electron chi connectivity index (χ1n) is 5.62. The Labute approximate surface area is 105 Å². The number of hydrogen-bond acceptors (Lipinski definition) is 2. The predicted octanol–water partition coefficient (Wildman–Crippen LogP) is 3.60. The van der Waals surface area contributed by atoms with Crippen molar-refractivity contribution in [1.82, 2.24) is 5.32 Å². The highest BCUT2D eigenvalue weighted by Gasteiger charge is 2.11. The average molecular weight is 288 g/mol. The van der Waals surface area contributed by atoms with Crippen LogP contribution in [0.15, 0.2) is 21.4 Å². The van der Waals surface area contributed by atoms with Gasteiger partial charge in [-0.15, -0.1) is 0 Å². The molecule has 1 aromatic rings. The van der Waals surface area contributed by atoms with Gasteiger partial charge in [0.25, 0.3) is 5.91 Å². The summed E-state index contributed by atoms with van der Waals surface area (Å²) < 4.78 is 5.49. The average Bonchev–Trinajstić information content (AvgIpc) is 2.63. The van der Waals surface area contributed by atoms with Crippen LogP contribution in [0.3, 0.4) is 0 Å². The van der Waals surface area contributed by atoms with Gasteiger partial charge in [0.1, 0.15) is 0 Å².